The molecule has 8 heavy (non-hydrogen) atoms. The summed E-state index contributed by atoms with van der Waals surface area (Å²) in [5.74, 6) is 0. The number of hydrogen-bond donors (Lipinski definition) is 1. The molecule has 0 aromatic rings. The fraction of sp³-hybridized carbons (Fsp3) is 0.857. The van der Waals surface area contributed by atoms with Crippen LogP contribution in [-0.2, 0) is 0 Å². The van der Waals surface area contributed by atoms with E-state index in [4.69, 9.17) is 5.73 Å². The van der Waals surface area contributed by atoms with Crippen LogP contribution in [0.5, 0.6) is 0 Å². The van der Waals surface area contributed by atoms with E-state index >= 15 is 0 Å². The van der Waals surface area contributed by atoms with Crippen LogP contribution in [0.1, 0.15) is 33.6 Å². The number of hydrogen-bond acceptors (Lipinski definition) is 1. The average Bonchev–Trinajstić information content (AvgIpc) is 1.59. The summed E-state index contributed by atoms with van der Waals surface area (Å²) in [5.41, 5.74) is 5.69. The Balaban J connectivity index is 3.11. The Hall–Kier alpha value is -0.0400. The fourth-order valence-corrected chi connectivity index (χ4v) is 0.516. The van der Waals surface area contributed by atoms with Crippen LogP contribution in [-0.4, -0.2) is 5.54 Å². The van der Waals surface area contributed by atoms with E-state index in [0.29, 0.717) is 0 Å². The van der Waals surface area contributed by atoms with Crippen molar-refractivity contribution < 1.29 is 0 Å². The summed E-state index contributed by atoms with van der Waals surface area (Å²) < 4.78 is 0. The van der Waals surface area contributed by atoms with E-state index in [9.17, 15) is 0 Å². The topological polar surface area (TPSA) is 26.0 Å². The summed E-state index contributed by atoms with van der Waals surface area (Å²) in [6.07, 6.45) is 4.35. The third-order valence-electron chi connectivity index (χ3n) is 0.959. The molecule has 1 heteroatoms. The van der Waals surface area contributed by atoms with E-state index in [0.717, 1.165) is 12.8 Å². The first-order valence-electron chi connectivity index (χ1n) is 3.17. The Bertz CT molecular complexity index is 51.9. The molecule has 0 heterocycles. The molecule has 0 aliphatic rings. The van der Waals surface area contributed by atoms with Crippen molar-refractivity contribution in [3.8, 4) is 0 Å². The highest BCUT2D eigenvalue weighted by Crippen LogP contribution is 2.06. The summed E-state index contributed by atoms with van der Waals surface area (Å²) in [7, 11) is 0. The van der Waals surface area contributed by atoms with E-state index in [2.05, 4.69) is 13.3 Å². The molecule has 0 saturated carbocycles. The normalized spacial score (nSPS) is 12.0. The highest BCUT2D eigenvalue weighted by atomic mass is 14.7. The second-order valence-electron chi connectivity index (χ2n) is 2.89. The summed E-state index contributed by atoms with van der Waals surface area (Å²) >= 11 is 0. The van der Waals surface area contributed by atoms with E-state index in [1.807, 2.05) is 13.8 Å². The molecule has 0 spiro atoms. The van der Waals surface area contributed by atoms with Crippen molar-refractivity contribution in [1.82, 2.24) is 0 Å². The van der Waals surface area contributed by atoms with Crippen LogP contribution >= 0.6 is 0 Å². The quantitative estimate of drug-likeness (QED) is 0.594. The zero-order chi connectivity index (χ0) is 6.62. The standard InChI is InChI=1S/C7H16N/c1-4-5-6-7(2,3)8/h5H,4,6,8H2,1-3H3. The molecule has 0 aliphatic heterocycles. The molecule has 49 valence electrons. The largest absolute Gasteiger partial charge is 0.326 e. The van der Waals surface area contributed by atoms with Crippen molar-refractivity contribution in [2.24, 2.45) is 5.73 Å². The molecule has 0 aromatic heterocycles. The molecular weight excluding hydrogens is 98.1 g/mol. The van der Waals surface area contributed by atoms with Gasteiger partial charge in [-0.3, -0.25) is 0 Å². The van der Waals surface area contributed by atoms with Gasteiger partial charge in [0.2, 0.25) is 0 Å². The number of nitrogens with two attached hydrogens (primary N) is 1. The van der Waals surface area contributed by atoms with Gasteiger partial charge in [0, 0.05) is 5.54 Å². The number of unbranched alkanes of at least 4 members (excludes halogenated alkanes) is 1. The SMILES string of the molecule is CC[CH]CC(C)(C)N. The lowest BCUT2D eigenvalue weighted by atomic mass is 9.99. The van der Waals surface area contributed by atoms with Crippen molar-refractivity contribution in [3.05, 3.63) is 6.42 Å². The molecule has 0 unspecified atom stereocenters. The van der Waals surface area contributed by atoms with Gasteiger partial charge in [-0.1, -0.05) is 13.3 Å². The van der Waals surface area contributed by atoms with Gasteiger partial charge in [-0.15, -0.1) is 0 Å². The molecule has 2 N–H and O–H groups in total. The zero-order valence-corrected chi connectivity index (χ0v) is 6.07. The summed E-state index contributed by atoms with van der Waals surface area (Å²) in [5, 5.41) is 0. The van der Waals surface area contributed by atoms with Crippen LogP contribution in [0.15, 0.2) is 0 Å². The van der Waals surface area contributed by atoms with Crippen molar-refractivity contribution in [3.63, 3.8) is 0 Å². The molecule has 0 atom stereocenters. The molecule has 1 radical (unpaired) electrons. The smallest absolute Gasteiger partial charge is 0.00997 e. The van der Waals surface area contributed by atoms with Gasteiger partial charge in [0.15, 0.2) is 0 Å². The molecule has 1 nitrogen and oxygen atoms in total. The van der Waals surface area contributed by atoms with Crippen LogP contribution in [0.4, 0.5) is 0 Å². The maximum Gasteiger partial charge on any atom is 0.00997 e. The Morgan fingerprint density at radius 2 is 2.00 bits per heavy atom. The van der Waals surface area contributed by atoms with Crippen molar-refractivity contribution in [1.29, 1.82) is 0 Å². The monoisotopic (exact) mass is 114 g/mol. The highest BCUT2D eigenvalue weighted by Gasteiger charge is 2.07. The molecular formula is C7H16N. The summed E-state index contributed by atoms with van der Waals surface area (Å²) in [4.78, 5) is 0. The van der Waals surface area contributed by atoms with E-state index < -0.39 is 0 Å². The molecule has 0 aromatic carbocycles. The minimum Gasteiger partial charge on any atom is -0.326 e. The minimum atomic E-state index is -0.00396. The van der Waals surface area contributed by atoms with Gasteiger partial charge < -0.3 is 5.73 Å². The van der Waals surface area contributed by atoms with Gasteiger partial charge in [-0.05, 0) is 26.7 Å². The molecule has 0 saturated heterocycles. The summed E-state index contributed by atoms with van der Waals surface area (Å²) in [6, 6.07) is 0. The van der Waals surface area contributed by atoms with Crippen LogP contribution < -0.4 is 5.73 Å². The Morgan fingerprint density at radius 1 is 1.50 bits per heavy atom. The van der Waals surface area contributed by atoms with Gasteiger partial charge in [-0.2, -0.15) is 0 Å². The van der Waals surface area contributed by atoms with Gasteiger partial charge in [-0.25, -0.2) is 0 Å². The predicted octanol–water partition coefficient (Wildman–Crippen LogP) is 1.73. The van der Waals surface area contributed by atoms with Crippen molar-refractivity contribution >= 4 is 0 Å². The van der Waals surface area contributed by atoms with E-state index in [1.165, 1.54) is 0 Å². The minimum absolute atomic E-state index is 0.00396. The first-order valence-corrected chi connectivity index (χ1v) is 3.17. The van der Waals surface area contributed by atoms with E-state index in [-0.39, 0.29) is 5.54 Å². The molecule has 0 amide bonds. The lowest BCUT2D eigenvalue weighted by Gasteiger charge is -2.16. The lowest BCUT2D eigenvalue weighted by molar-refractivity contribution is 0.505. The molecule has 0 rings (SSSR count). The predicted molar refractivity (Wildman–Crippen MR) is 37.5 cm³/mol. The van der Waals surface area contributed by atoms with Crippen molar-refractivity contribution in [2.45, 2.75) is 39.2 Å². The van der Waals surface area contributed by atoms with Gasteiger partial charge >= 0.3 is 0 Å². The molecule has 0 bridgehead atoms. The van der Waals surface area contributed by atoms with Gasteiger partial charge in [0.1, 0.15) is 0 Å². The van der Waals surface area contributed by atoms with Gasteiger partial charge in [0.05, 0.1) is 0 Å². The Labute approximate surface area is 52.3 Å². The second-order valence-corrected chi connectivity index (χ2v) is 2.89. The maximum absolute atomic E-state index is 5.69. The second kappa shape index (κ2) is 3.08. The van der Waals surface area contributed by atoms with Crippen molar-refractivity contribution in [2.75, 3.05) is 0 Å². The third kappa shape index (κ3) is 5.96. The highest BCUT2D eigenvalue weighted by molar-refractivity contribution is 4.79. The van der Waals surface area contributed by atoms with Gasteiger partial charge in [0.25, 0.3) is 0 Å². The first kappa shape index (κ1) is 7.96. The van der Waals surface area contributed by atoms with Crippen LogP contribution in [0, 0.1) is 6.42 Å². The Morgan fingerprint density at radius 3 is 2.12 bits per heavy atom. The fourth-order valence-electron chi connectivity index (χ4n) is 0.516. The molecule has 0 fully saturated rings. The average molecular weight is 114 g/mol. The zero-order valence-electron chi connectivity index (χ0n) is 6.07. The Kier molecular flexibility index (Phi) is 3.06. The molecule has 0 aliphatic carbocycles. The van der Waals surface area contributed by atoms with Crippen LogP contribution in [0.25, 0.3) is 0 Å². The third-order valence-corrected chi connectivity index (χ3v) is 0.959. The van der Waals surface area contributed by atoms with Crippen LogP contribution in [0.3, 0.4) is 0 Å². The summed E-state index contributed by atoms with van der Waals surface area (Å²) in [6.45, 7) is 6.21. The number of rotatable bonds is 3. The van der Waals surface area contributed by atoms with E-state index in [1.54, 1.807) is 0 Å². The maximum atomic E-state index is 5.69. The van der Waals surface area contributed by atoms with Crippen LogP contribution in [0.2, 0.25) is 0 Å². The lowest BCUT2D eigenvalue weighted by Crippen LogP contribution is -2.31. The first-order chi connectivity index (χ1) is 3.56.